The third-order valence-electron chi connectivity index (χ3n) is 6.61. The van der Waals surface area contributed by atoms with E-state index in [1.54, 1.807) is 0 Å². The van der Waals surface area contributed by atoms with Gasteiger partial charge in [0.1, 0.15) is 0 Å². The molecule has 2 heterocycles. The first-order valence-electron chi connectivity index (χ1n) is 12.4. The molecular weight excluding hydrogens is 408 g/mol. The number of pyridine rings is 1. The van der Waals surface area contributed by atoms with Crippen molar-refractivity contribution in [1.29, 1.82) is 0 Å². The van der Waals surface area contributed by atoms with Gasteiger partial charge in [0, 0.05) is 25.8 Å². The monoisotopic (exact) mass is 444 g/mol. The number of likely N-dealkylation sites (tertiary alicyclic amines) is 1. The van der Waals surface area contributed by atoms with Crippen molar-refractivity contribution in [2.45, 2.75) is 38.6 Å². The Morgan fingerprint density at radius 1 is 0.909 bits per heavy atom. The minimum absolute atomic E-state index is 0.260. The third-order valence-corrected chi connectivity index (χ3v) is 6.61. The van der Waals surface area contributed by atoms with Gasteiger partial charge >= 0.3 is 0 Å². The zero-order valence-corrected chi connectivity index (χ0v) is 19.5. The summed E-state index contributed by atoms with van der Waals surface area (Å²) in [4.78, 5) is 19.3. The molecule has 3 aromatic rings. The molecule has 5 heteroatoms. The Kier molecular flexibility index (Phi) is 8.84. The number of rotatable bonds is 11. The fourth-order valence-corrected chi connectivity index (χ4v) is 4.63. The summed E-state index contributed by atoms with van der Waals surface area (Å²) in [5.74, 6) is 0.935. The molecule has 1 aliphatic rings. The van der Waals surface area contributed by atoms with E-state index in [1.807, 2.05) is 30.5 Å². The lowest BCUT2D eigenvalue weighted by Crippen LogP contribution is -2.41. The molecule has 1 aliphatic heterocycles. The predicted molar refractivity (Wildman–Crippen MR) is 135 cm³/mol. The van der Waals surface area contributed by atoms with Crippen molar-refractivity contribution in [1.82, 2.24) is 20.5 Å². The Labute approximate surface area is 197 Å². The first-order valence-corrected chi connectivity index (χ1v) is 12.4. The molecule has 0 saturated carbocycles. The number of piperidine rings is 1. The number of fused-ring (bicyclic) bond motifs is 1. The third kappa shape index (κ3) is 7.11. The van der Waals surface area contributed by atoms with Gasteiger partial charge in [-0.2, -0.15) is 0 Å². The Balaban J connectivity index is 1.08. The number of nitrogens with zero attached hydrogens (tertiary/aromatic N) is 2. The van der Waals surface area contributed by atoms with Crippen LogP contribution in [0, 0.1) is 5.92 Å². The highest BCUT2D eigenvalue weighted by Crippen LogP contribution is 2.21. The van der Waals surface area contributed by atoms with E-state index in [1.165, 1.54) is 23.6 Å². The molecule has 174 valence electrons. The second-order valence-corrected chi connectivity index (χ2v) is 9.05. The zero-order valence-electron chi connectivity index (χ0n) is 19.5. The SMILES string of the molecule is O=C(Cc1cccc2ccccc12)N1CCC(CNCCCCNCc2ccccn2)CC1. The van der Waals surface area contributed by atoms with Crippen molar-refractivity contribution in [2.24, 2.45) is 5.92 Å². The van der Waals surface area contributed by atoms with Crippen LogP contribution in [0.3, 0.4) is 0 Å². The van der Waals surface area contributed by atoms with Crippen LogP contribution < -0.4 is 10.6 Å². The molecule has 1 amide bonds. The Hall–Kier alpha value is -2.76. The van der Waals surface area contributed by atoms with Gasteiger partial charge in [0.25, 0.3) is 0 Å². The summed E-state index contributed by atoms with van der Waals surface area (Å²) < 4.78 is 0. The van der Waals surface area contributed by atoms with Crippen LogP contribution in [0.5, 0.6) is 0 Å². The van der Waals surface area contributed by atoms with E-state index in [0.29, 0.717) is 12.3 Å². The summed E-state index contributed by atoms with van der Waals surface area (Å²) in [6.45, 7) is 5.75. The molecule has 0 bridgehead atoms. The van der Waals surface area contributed by atoms with Crippen LogP contribution in [0.4, 0.5) is 0 Å². The molecule has 0 radical (unpaired) electrons. The molecule has 2 aromatic carbocycles. The van der Waals surface area contributed by atoms with E-state index in [-0.39, 0.29) is 5.91 Å². The Morgan fingerprint density at radius 3 is 2.48 bits per heavy atom. The van der Waals surface area contributed by atoms with E-state index in [0.717, 1.165) is 63.4 Å². The summed E-state index contributed by atoms with van der Waals surface area (Å²) in [6, 6.07) is 20.6. The highest BCUT2D eigenvalue weighted by molar-refractivity contribution is 5.90. The van der Waals surface area contributed by atoms with Crippen molar-refractivity contribution in [3.05, 3.63) is 78.1 Å². The smallest absolute Gasteiger partial charge is 0.227 e. The first kappa shape index (κ1) is 23.4. The van der Waals surface area contributed by atoms with Crippen LogP contribution in [-0.2, 0) is 17.8 Å². The van der Waals surface area contributed by atoms with Gasteiger partial charge in [-0.1, -0.05) is 48.5 Å². The number of hydrogen-bond donors (Lipinski definition) is 2. The molecule has 1 saturated heterocycles. The summed E-state index contributed by atoms with van der Waals surface area (Å²) >= 11 is 0. The maximum absolute atomic E-state index is 12.9. The van der Waals surface area contributed by atoms with Crippen molar-refractivity contribution in [2.75, 3.05) is 32.7 Å². The number of amides is 1. The number of hydrogen-bond acceptors (Lipinski definition) is 4. The lowest BCUT2D eigenvalue weighted by molar-refractivity contribution is -0.131. The van der Waals surface area contributed by atoms with Crippen LogP contribution >= 0.6 is 0 Å². The molecule has 2 N–H and O–H groups in total. The minimum atomic E-state index is 0.260. The number of benzene rings is 2. The van der Waals surface area contributed by atoms with Gasteiger partial charge in [-0.05, 0) is 79.7 Å². The number of aromatic nitrogens is 1. The van der Waals surface area contributed by atoms with E-state index < -0.39 is 0 Å². The van der Waals surface area contributed by atoms with E-state index in [9.17, 15) is 4.79 Å². The van der Waals surface area contributed by atoms with Gasteiger partial charge in [-0.25, -0.2) is 0 Å². The van der Waals surface area contributed by atoms with Gasteiger partial charge in [-0.15, -0.1) is 0 Å². The van der Waals surface area contributed by atoms with Crippen LogP contribution in [-0.4, -0.2) is 48.5 Å². The molecule has 0 spiro atoms. The largest absolute Gasteiger partial charge is 0.342 e. The molecule has 1 aromatic heterocycles. The van der Waals surface area contributed by atoms with Crippen LogP contribution in [0.15, 0.2) is 66.9 Å². The summed E-state index contributed by atoms with van der Waals surface area (Å²) in [5, 5.41) is 9.48. The average Bonchev–Trinajstić information content (AvgIpc) is 2.87. The van der Waals surface area contributed by atoms with Gasteiger partial charge in [0.05, 0.1) is 12.1 Å². The van der Waals surface area contributed by atoms with Gasteiger partial charge in [-0.3, -0.25) is 9.78 Å². The van der Waals surface area contributed by atoms with Gasteiger partial charge in [0.15, 0.2) is 0 Å². The molecule has 5 nitrogen and oxygen atoms in total. The molecule has 4 rings (SSSR count). The number of carbonyl (C=O) groups is 1. The highest BCUT2D eigenvalue weighted by Gasteiger charge is 2.22. The average molecular weight is 445 g/mol. The number of carbonyl (C=O) groups excluding carboxylic acids is 1. The maximum atomic E-state index is 12.9. The molecule has 1 fully saturated rings. The molecular formula is C28H36N4O. The van der Waals surface area contributed by atoms with Crippen LogP contribution in [0.1, 0.15) is 36.9 Å². The molecule has 0 unspecified atom stereocenters. The fourth-order valence-electron chi connectivity index (χ4n) is 4.63. The zero-order chi connectivity index (χ0) is 22.7. The van der Waals surface area contributed by atoms with E-state index >= 15 is 0 Å². The topological polar surface area (TPSA) is 57.3 Å². The van der Waals surface area contributed by atoms with Crippen LogP contribution in [0.2, 0.25) is 0 Å². The highest BCUT2D eigenvalue weighted by atomic mass is 16.2. The first-order chi connectivity index (χ1) is 16.3. The normalized spacial score (nSPS) is 14.6. The van der Waals surface area contributed by atoms with Crippen molar-refractivity contribution in [3.8, 4) is 0 Å². The van der Waals surface area contributed by atoms with E-state index in [2.05, 4.69) is 56.9 Å². The maximum Gasteiger partial charge on any atom is 0.227 e. The summed E-state index contributed by atoms with van der Waals surface area (Å²) in [5.41, 5.74) is 2.23. The van der Waals surface area contributed by atoms with Gasteiger partial charge < -0.3 is 15.5 Å². The minimum Gasteiger partial charge on any atom is -0.342 e. The lowest BCUT2D eigenvalue weighted by Gasteiger charge is -2.32. The van der Waals surface area contributed by atoms with Crippen molar-refractivity contribution < 1.29 is 4.79 Å². The molecule has 0 aliphatic carbocycles. The second kappa shape index (κ2) is 12.5. The van der Waals surface area contributed by atoms with Gasteiger partial charge in [0.2, 0.25) is 5.91 Å². The van der Waals surface area contributed by atoms with E-state index in [4.69, 9.17) is 0 Å². The number of unbranched alkanes of at least 4 members (excludes halogenated alkanes) is 1. The quantitative estimate of drug-likeness (QED) is 0.436. The Bertz CT molecular complexity index is 994. The fraction of sp³-hybridized carbons (Fsp3) is 0.429. The second-order valence-electron chi connectivity index (χ2n) is 9.05. The standard InChI is InChI=1S/C28H36N4O/c33-28(20-25-10-7-9-24-8-1-2-12-27(24)25)32-18-13-23(14-19-32)21-29-15-5-6-16-30-22-26-11-3-4-17-31-26/h1-4,7-12,17,23,29-30H,5-6,13-16,18-22H2. The summed E-state index contributed by atoms with van der Waals surface area (Å²) in [7, 11) is 0. The molecule has 0 atom stereocenters. The van der Waals surface area contributed by atoms with Crippen LogP contribution in [0.25, 0.3) is 10.8 Å². The van der Waals surface area contributed by atoms with Crippen molar-refractivity contribution in [3.63, 3.8) is 0 Å². The predicted octanol–water partition coefficient (Wildman–Crippen LogP) is 4.18. The summed E-state index contributed by atoms with van der Waals surface area (Å²) in [6.07, 6.45) is 6.88. The Morgan fingerprint density at radius 2 is 1.67 bits per heavy atom. The molecule has 33 heavy (non-hydrogen) atoms. The van der Waals surface area contributed by atoms with Crippen molar-refractivity contribution >= 4 is 16.7 Å². The lowest BCUT2D eigenvalue weighted by atomic mass is 9.95. The number of nitrogens with one attached hydrogen (secondary N) is 2.